The van der Waals surface area contributed by atoms with E-state index in [1.807, 2.05) is 6.07 Å². The number of unbranched alkanes of at least 4 members (excludes halogenated alkanes) is 6. The molecule has 0 aliphatic rings. The van der Waals surface area contributed by atoms with Gasteiger partial charge in [-0.05, 0) is 36.6 Å². The van der Waals surface area contributed by atoms with Crippen LogP contribution in [-0.4, -0.2) is 13.0 Å². The first-order valence-electron chi connectivity index (χ1n) is 9.46. The molecule has 1 N–H and O–H groups in total. The van der Waals surface area contributed by atoms with E-state index in [0.29, 0.717) is 0 Å². The number of rotatable bonds is 11. The minimum Gasteiger partial charge on any atom is -0.870 e. The van der Waals surface area contributed by atoms with Crippen LogP contribution in [0, 0.1) is 0 Å². The van der Waals surface area contributed by atoms with Crippen LogP contribution in [0.15, 0.2) is 47.4 Å². The third-order valence-electron chi connectivity index (χ3n) is 4.42. The van der Waals surface area contributed by atoms with E-state index in [4.69, 9.17) is 4.74 Å². The van der Waals surface area contributed by atoms with Gasteiger partial charge in [-0.1, -0.05) is 75.5 Å². The van der Waals surface area contributed by atoms with Gasteiger partial charge >= 0.3 is 29.6 Å². The van der Waals surface area contributed by atoms with Crippen molar-refractivity contribution in [3.8, 4) is 17.2 Å². The maximum absolute atomic E-state index is 12.3. The molecule has 0 saturated carbocycles. The number of para-hydroxylation sites is 1. The largest absolute Gasteiger partial charge is 1.00 e. The Morgan fingerprint density at radius 1 is 0.929 bits per heavy atom. The summed E-state index contributed by atoms with van der Waals surface area (Å²) in [4.78, 5) is -0.364. The molecule has 0 unspecified atom stereocenters. The summed E-state index contributed by atoms with van der Waals surface area (Å²) in [5, 5.41) is 12.3. The van der Waals surface area contributed by atoms with E-state index in [2.05, 4.69) is 6.92 Å². The van der Waals surface area contributed by atoms with Gasteiger partial charge in [0.1, 0.15) is 16.4 Å². The Morgan fingerprint density at radius 2 is 1.57 bits per heavy atom. The van der Waals surface area contributed by atoms with Crippen molar-refractivity contribution in [3.05, 3.63) is 48.0 Å². The van der Waals surface area contributed by atoms with Crippen LogP contribution in [0.2, 0.25) is 0 Å². The van der Waals surface area contributed by atoms with E-state index in [0.717, 1.165) is 24.8 Å². The van der Waals surface area contributed by atoms with E-state index in [1.54, 1.807) is 12.1 Å². The summed E-state index contributed by atoms with van der Waals surface area (Å²) in [5.74, 6) is -0.341. The van der Waals surface area contributed by atoms with Gasteiger partial charge in [0.05, 0.1) is 0 Å². The van der Waals surface area contributed by atoms with Crippen LogP contribution in [0.1, 0.15) is 57.4 Å². The summed E-state index contributed by atoms with van der Waals surface area (Å²) in [7, 11) is -4.43. The third-order valence-corrected chi connectivity index (χ3v) is 5.32. The zero-order valence-electron chi connectivity index (χ0n) is 16.7. The smallest absolute Gasteiger partial charge is 0.870 e. The molecule has 0 spiro atoms. The zero-order valence-corrected chi connectivity index (χ0v) is 19.5. The topological polar surface area (TPSA) is 86.7 Å². The first kappa shape index (κ1) is 25.0. The van der Waals surface area contributed by atoms with Crippen LogP contribution >= 0.6 is 0 Å². The fourth-order valence-electron chi connectivity index (χ4n) is 2.94. The average Bonchev–Trinajstić information content (AvgIpc) is 2.63. The number of benzene rings is 2. The van der Waals surface area contributed by atoms with Gasteiger partial charge in [-0.3, -0.25) is 4.55 Å². The molecule has 0 amide bonds. The molecule has 0 radical (unpaired) electrons. The van der Waals surface area contributed by atoms with Gasteiger partial charge in [0.15, 0.2) is 0 Å². The molecule has 7 heteroatoms. The summed E-state index contributed by atoms with van der Waals surface area (Å²) in [5.41, 5.74) is 0.948. The van der Waals surface area contributed by atoms with Crippen molar-refractivity contribution in [2.75, 3.05) is 0 Å². The second-order valence-corrected chi connectivity index (χ2v) is 8.07. The zero-order chi connectivity index (χ0) is 19.7. The molecule has 2 rings (SSSR count). The Bertz CT molecular complexity index is 836. The number of aryl methyl sites for hydroxylation is 1. The monoisotopic (exact) mass is 414 g/mol. The van der Waals surface area contributed by atoms with Gasteiger partial charge < -0.3 is 9.84 Å². The molecule has 0 atom stereocenters. The summed E-state index contributed by atoms with van der Waals surface area (Å²) in [6, 6.07) is 10.6. The number of hydrogen-bond acceptors (Lipinski definition) is 4. The van der Waals surface area contributed by atoms with Gasteiger partial charge in [0, 0.05) is 0 Å². The predicted octanol–water partition coefficient (Wildman–Crippen LogP) is 2.10. The van der Waals surface area contributed by atoms with Gasteiger partial charge in [-0.25, -0.2) is 0 Å². The van der Waals surface area contributed by atoms with Crippen LogP contribution in [0.4, 0.5) is 0 Å². The maximum atomic E-state index is 12.3. The van der Waals surface area contributed by atoms with Crippen LogP contribution in [-0.2, 0) is 16.5 Å². The normalized spacial score (nSPS) is 11.1. The van der Waals surface area contributed by atoms with Crippen molar-refractivity contribution >= 4 is 10.1 Å². The molecular formula is C21H27NaO5S. The Morgan fingerprint density at radius 3 is 2.21 bits per heavy atom. The molecule has 0 saturated heterocycles. The van der Waals surface area contributed by atoms with E-state index < -0.39 is 10.1 Å². The molecule has 28 heavy (non-hydrogen) atoms. The second-order valence-electron chi connectivity index (χ2n) is 6.68. The predicted molar refractivity (Wildman–Crippen MR) is 104 cm³/mol. The van der Waals surface area contributed by atoms with Crippen LogP contribution < -0.4 is 39.4 Å². The second kappa shape index (κ2) is 12.5. The van der Waals surface area contributed by atoms with Crippen LogP contribution in [0.25, 0.3) is 0 Å². The third kappa shape index (κ3) is 8.13. The minimum absolute atomic E-state index is 0. The van der Waals surface area contributed by atoms with Crippen molar-refractivity contribution in [2.45, 2.75) is 63.2 Å². The van der Waals surface area contributed by atoms with Gasteiger partial charge in [0.25, 0.3) is 10.1 Å². The van der Waals surface area contributed by atoms with Gasteiger partial charge in [0.2, 0.25) is 0 Å². The van der Waals surface area contributed by atoms with Crippen molar-refractivity contribution in [1.82, 2.24) is 0 Å². The fraction of sp³-hybridized carbons (Fsp3) is 0.429. The molecule has 5 nitrogen and oxygen atoms in total. The maximum Gasteiger partial charge on any atom is 1.00 e. The van der Waals surface area contributed by atoms with Gasteiger partial charge in [-0.2, -0.15) is 8.42 Å². The first-order chi connectivity index (χ1) is 12.9. The Balaban J connectivity index is 0.00000392. The molecule has 0 fully saturated rings. The summed E-state index contributed by atoms with van der Waals surface area (Å²) < 4.78 is 37.5. The summed E-state index contributed by atoms with van der Waals surface area (Å²) >= 11 is 0. The molecule has 2 aromatic carbocycles. The van der Waals surface area contributed by atoms with Crippen molar-refractivity contribution in [2.24, 2.45) is 0 Å². The molecular weight excluding hydrogens is 387 g/mol. The van der Waals surface area contributed by atoms with E-state index in [-0.39, 0.29) is 51.7 Å². The van der Waals surface area contributed by atoms with Crippen LogP contribution in [0.5, 0.6) is 17.2 Å². The molecule has 0 bridgehead atoms. The quantitative estimate of drug-likeness (QED) is 0.346. The van der Waals surface area contributed by atoms with E-state index in [1.165, 1.54) is 56.4 Å². The molecule has 148 valence electrons. The average molecular weight is 414 g/mol. The molecule has 0 aliphatic carbocycles. The van der Waals surface area contributed by atoms with Crippen LogP contribution in [0.3, 0.4) is 0 Å². The molecule has 0 aromatic heterocycles. The molecule has 0 heterocycles. The SMILES string of the molecule is CCCCCCCCCc1ccc(Oc2ccccc2S(=O)(=O)O)c([O-])c1.[Na+]. The number of ether oxygens (including phenoxy) is 1. The van der Waals surface area contributed by atoms with Crippen molar-refractivity contribution in [3.63, 3.8) is 0 Å². The molecule has 0 aliphatic heterocycles. The number of hydrogen-bond donors (Lipinski definition) is 1. The Kier molecular flexibility index (Phi) is 11.2. The first-order valence-corrected chi connectivity index (χ1v) is 10.9. The Hall–Kier alpha value is -1.05. The fourth-order valence-corrected chi connectivity index (χ4v) is 3.56. The summed E-state index contributed by atoms with van der Waals surface area (Å²) in [6.07, 6.45) is 9.34. The van der Waals surface area contributed by atoms with E-state index >= 15 is 0 Å². The Labute approximate surface area is 190 Å². The van der Waals surface area contributed by atoms with Gasteiger partial charge in [-0.15, -0.1) is 0 Å². The van der Waals surface area contributed by atoms with Crippen molar-refractivity contribution in [1.29, 1.82) is 0 Å². The van der Waals surface area contributed by atoms with E-state index in [9.17, 15) is 18.1 Å². The summed E-state index contributed by atoms with van der Waals surface area (Å²) in [6.45, 7) is 2.20. The minimum atomic E-state index is -4.43. The molecule has 2 aromatic rings. The van der Waals surface area contributed by atoms with Crippen molar-refractivity contribution < 1.29 is 52.4 Å². The standard InChI is InChI=1S/C21H28O5S.Na/c1-2-3-4-5-6-7-8-11-17-14-15-19(18(22)16-17)26-20-12-9-10-13-21(20)27(23,24)25;/h9-10,12-16,22H,2-8,11H2,1H3,(H,23,24,25);/q;+1/p-1.